The van der Waals surface area contributed by atoms with Crippen molar-refractivity contribution >= 4 is 5.69 Å². The Morgan fingerprint density at radius 3 is 1.87 bits per heavy atom. The average molecular weight is 209 g/mol. The van der Waals surface area contributed by atoms with Gasteiger partial charge in [0.1, 0.15) is 0 Å². The van der Waals surface area contributed by atoms with Crippen molar-refractivity contribution in [1.82, 2.24) is 0 Å². The van der Waals surface area contributed by atoms with E-state index in [9.17, 15) is 10.2 Å². The first-order chi connectivity index (χ1) is 7.09. The maximum atomic E-state index is 9.37. The molecule has 0 aliphatic carbocycles. The predicted molar refractivity (Wildman–Crippen MR) is 62.0 cm³/mol. The van der Waals surface area contributed by atoms with E-state index in [-0.39, 0.29) is 0 Å². The van der Waals surface area contributed by atoms with Gasteiger partial charge in [-0.3, -0.25) is 0 Å². The number of hydrogen-bond donors (Lipinski definition) is 2. The molecule has 2 atom stereocenters. The molecule has 0 amide bonds. The van der Waals surface area contributed by atoms with Crippen LogP contribution >= 0.6 is 0 Å². The molecule has 1 rings (SSSR count). The second-order valence-electron chi connectivity index (χ2n) is 3.94. The maximum absolute atomic E-state index is 9.37. The van der Waals surface area contributed by atoms with Crippen LogP contribution in [0.3, 0.4) is 0 Å². The summed E-state index contributed by atoms with van der Waals surface area (Å²) in [4.78, 5) is 1.98. The van der Waals surface area contributed by atoms with Gasteiger partial charge in [0.15, 0.2) is 0 Å². The van der Waals surface area contributed by atoms with Gasteiger partial charge in [-0.2, -0.15) is 0 Å². The van der Waals surface area contributed by atoms with E-state index in [0.717, 1.165) is 5.69 Å². The number of benzene rings is 1. The number of rotatable bonds is 5. The molecule has 0 radical (unpaired) electrons. The number of nitrogens with zero attached hydrogens (tertiary/aromatic N) is 1. The summed E-state index contributed by atoms with van der Waals surface area (Å²) in [7, 11) is 0. The summed E-state index contributed by atoms with van der Waals surface area (Å²) in [5.74, 6) is 0. The molecule has 3 nitrogen and oxygen atoms in total. The number of aliphatic hydroxyl groups is 2. The minimum Gasteiger partial charge on any atom is -0.392 e. The summed E-state index contributed by atoms with van der Waals surface area (Å²) in [6, 6.07) is 9.81. The molecule has 0 spiro atoms. The molecule has 0 bridgehead atoms. The van der Waals surface area contributed by atoms with Crippen LogP contribution in [0.4, 0.5) is 5.69 Å². The Morgan fingerprint density at radius 2 is 1.47 bits per heavy atom. The lowest BCUT2D eigenvalue weighted by molar-refractivity contribution is 0.178. The lowest BCUT2D eigenvalue weighted by atomic mass is 10.2. The molecule has 0 saturated heterocycles. The van der Waals surface area contributed by atoms with Gasteiger partial charge in [-0.25, -0.2) is 0 Å². The third-order valence-corrected chi connectivity index (χ3v) is 2.09. The van der Waals surface area contributed by atoms with Gasteiger partial charge in [-0.1, -0.05) is 18.2 Å². The zero-order chi connectivity index (χ0) is 11.3. The molecule has 84 valence electrons. The second-order valence-corrected chi connectivity index (χ2v) is 3.94. The number of para-hydroxylation sites is 1. The maximum Gasteiger partial charge on any atom is 0.0687 e. The summed E-state index contributed by atoms with van der Waals surface area (Å²) in [5, 5.41) is 18.7. The van der Waals surface area contributed by atoms with Gasteiger partial charge < -0.3 is 15.1 Å². The van der Waals surface area contributed by atoms with Crippen molar-refractivity contribution in [1.29, 1.82) is 0 Å². The Balaban J connectivity index is 2.72. The Labute approximate surface area is 91.0 Å². The quantitative estimate of drug-likeness (QED) is 0.767. The average Bonchev–Trinajstić information content (AvgIpc) is 2.17. The zero-order valence-corrected chi connectivity index (χ0v) is 9.30. The van der Waals surface area contributed by atoms with Crippen LogP contribution in [-0.2, 0) is 0 Å². The SMILES string of the molecule is C[C@H](O)CN(C[C@@H](C)O)c1ccccc1. The highest BCUT2D eigenvalue weighted by atomic mass is 16.3. The monoisotopic (exact) mass is 209 g/mol. The van der Waals surface area contributed by atoms with Crippen LogP contribution in [0.2, 0.25) is 0 Å². The summed E-state index contributed by atoms with van der Waals surface area (Å²) < 4.78 is 0. The third kappa shape index (κ3) is 4.32. The van der Waals surface area contributed by atoms with Gasteiger partial charge in [0.05, 0.1) is 12.2 Å². The minimum absolute atomic E-state index is 0.399. The van der Waals surface area contributed by atoms with Crippen molar-refractivity contribution < 1.29 is 10.2 Å². The lowest BCUT2D eigenvalue weighted by Gasteiger charge is -2.27. The van der Waals surface area contributed by atoms with Crippen LogP contribution in [0.25, 0.3) is 0 Å². The van der Waals surface area contributed by atoms with Crippen molar-refractivity contribution in [2.24, 2.45) is 0 Å². The van der Waals surface area contributed by atoms with Crippen molar-refractivity contribution in [2.45, 2.75) is 26.1 Å². The van der Waals surface area contributed by atoms with Crippen molar-refractivity contribution in [2.75, 3.05) is 18.0 Å². The fraction of sp³-hybridized carbons (Fsp3) is 0.500. The highest BCUT2D eigenvalue weighted by molar-refractivity contribution is 5.46. The Morgan fingerprint density at radius 1 is 1.00 bits per heavy atom. The van der Waals surface area contributed by atoms with E-state index < -0.39 is 12.2 Å². The molecule has 0 fully saturated rings. The molecule has 0 aliphatic rings. The van der Waals surface area contributed by atoms with E-state index in [0.29, 0.717) is 13.1 Å². The Kier molecular flexibility index (Phi) is 4.59. The van der Waals surface area contributed by atoms with Crippen LogP contribution in [0.5, 0.6) is 0 Å². The second kappa shape index (κ2) is 5.73. The summed E-state index contributed by atoms with van der Waals surface area (Å²) in [5.41, 5.74) is 1.03. The van der Waals surface area contributed by atoms with Crippen LogP contribution < -0.4 is 4.90 Å². The van der Waals surface area contributed by atoms with E-state index in [1.807, 2.05) is 35.2 Å². The fourth-order valence-corrected chi connectivity index (χ4v) is 1.56. The van der Waals surface area contributed by atoms with Crippen LogP contribution in [-0.4, -0.2) is 35.5 Å². The van der Waals surface area contributed by atoms with E-state index in [2.05, 4.69) is 0 Å². The number of anilines is 1. The molecule has 3 heteroatoms. The van der Waals surface area contributed by atoms with E-state index in [4.69, 9.17) is 0 Å². The first-order valence-electron chi connectivity index (χ1n) is 5.25. The summed E-state index contributed by atoms with van der Waals surface area (Å²) >= 11 is 0. The van der Waals surface area contributed by atoms with Crippen LogP contribution in [0.15, 0.2) is 30.3 Å². The Hall–Kier alpha value is -1.06. The smallest absolute Gasteiger partial charge is 0.0687 e. The highest BCUT2D eigenvalue weighted by Gasteiger charge is 2.11. The van der Waals surface area contributed by atoms with E-state index in [1.165, 1.54) is 0 Å². The van der Waals surface area contributed by atoms with Gasteiger partial charge in [-0.15, -0.1) is 0 Å². The molecule has 0 heterocycles. The van der Waals surface area contributed by atoms with Crippen molar-refractivity contribution in [3.8, 4) is 0 Å². The molecule has 1 aromatic rings. The number of aliphatic hydroxyl groups excluding tert-OH is 2. The molecule has 0 aromatic heterocycles. The third-order valence-electron chi connectivity index (χ3n) is 2.09. The topological polar surface area (TPSA) is 43.7 Å². The van der Waals surface area contributed by atoms with Gasteiger partial charge in [-0.05, 0) is 26.0 Å². The first kappa shape index (κ1) is 12.0. The Bertz CT molecular complexity index is 262. The highest BCUT2D eigenvalue weighted by Crippen LogP contribution is 2.13. The molecular weight excluding hydrogens is 190 g/mol. The van der Waals surface area contributed by atoms with Crippen LogP contribution in [0, 0.1) is 0 Å². The van der Waals surface area contributed by atoms with E-state index >= 15 is 0 Å². The molecule has 2 N–H and O–H groups in total. The first-order valence-corrected chi connectivity index (χ1v) is 5.25. The van der Waals surface area contributed by atoms with Crippen LogP contribution in [0.1, 0.15) is 13.8 Å². The van der Waals surface area contributed by atoms with Crippen molar-refractivity contribution in [3.05, 3.63) is 30.3 Å². The summed E-state index contributed by atoms with van der Waals surface area (Å²) in [6.45, 7) is 4.57. The molecule has 0 aliphatic heterocycles. The van der Waals surface area contributed by atoms with E-state index in [1.54, 1.807) is 13.8 Å². The van der Waals surface area contributed by atoms with Gasteiger partial charge in [0.2, 0.25) is 0 Å². The minimum atomic E-state index is -0.399. The predicted octanol–water partition coefficient (Wildman–Crippen LogP) is 1.25. The normalized spacial score (nSPS) is 14.7. The number of hydrogen-bond acceptors (Lipinski definition) is 3. The van der Waals surface area contributed by atoms with Gasteiger partial charge in [0, 0.05) is 18.8 Å². The lowest BCUT2D eigenvalue weighted by Crippen LogP contribution is -2.36. The standard InChI is InChI=1S/C12H19NO2/c1-10(14)8-13(9-11(2)15)12-6-4-3-5-7-12/h3-7,10-11,14-15H,8-9H2,1-2H3/t10-,11+. The zero-order valence-electron chi connectivity index (χ0n) is 9.30. The molecule has 0 saturated carbocycles. The molecule has 15 heavy (non-hydrogen) atoms. The largest absolute Gasteiger partial charge is 0.392 e. The molecule has 1 aromatic carbocycles. The van der Waals surface area contributed by atoms with Gasteiger partial charge >= 0.3 is 0 Å². The molecule has 0 unspecified atom stereocenters. The summed E-state index contributed by atoms with van der Waals surface area (Å²) in [6.07, 6.45) is -0.798. The van der Waals surface area contributed by atoms with Gasteiger partial charge in [0.25, 0.3) is 0 Å². The fourth-order valence-electron chi connectivity index (χ4n) is 1.56. The van der Waals surface area contributed by atoms with Crippen molar-refractivity contribution in [3.63, 3.8) is 0 Å². The molecular formula is C12H19NO2.